The summed E-state index contributed by atoms with van der Waals surface area (Å²) in [5.74, 6) is 17.4. The lowest BCUT2D eigenvalue weighted by molar-refractivity contribution is 1.62. The molecule has 0 heterocycles. The van der Waals surface area contributed by atoms with E-state index in [2.05, 4.69) is 35.5 Å². The van der Waals surface area contributed by atoms with E-state index in [9.17, 15) is 0 Å². The van der Waals surface area contributed by atoms with Gasteiger partial charge < -0.3 is 0 Å². The van der Waals surface area contributed by atoms with Crippen molar-refractivity contribution in [1.29, 1.82) is 0 Å². The summed E-state index contributed by atoms with van der Waals surface area (Å²) in [7, 11) is 0. The van der Waals surface area contributed by atoms with Gasteiger partial charge in [0.25, 0.3) is 0 Å². The molecule has 0 N–H and O–H groups in total. The Labute approximate surface area is 164 Å². The van der Waals surface area contributed by atoms with Crippen molar-refractivity contribution in [2.75, 3.05) is 0 Å². The van der Waals surface area contributed by atoms with Crippen LogP contribution in [0.1, 0.15) is 37.5 Å². The van der Waals surface area contributed by atoms with Gasteiger partial charge in [-0.05, 0) is 57.2 Å². The van der Waals surface area contributed by atoms with Crippen LogP contribution in [0.15, 0.2) is 91.0 Å². The maximum Gasteiger partial charge on any atom is 0.0249 e. The quantitative estimate of drug-likeness (QED) is 0.426. The van der Waals surface area contributed by atoms with Gasteiger partial charge in [-0.1, -0.05) is 72.4 Å². The van der Waals surface area contributed by atoms with Crippen molar-refractivity contribution >= 4 is 0 Å². The normalized spacial score (nSPS) is 7.67. The Kier molecular flexibility index (Phi) is 11.6. The summed E-state index contributed by atoms with van der Waals surface area (Å²) in [6, 6.07) is 30.0. The fourth-order valence-electron chi connectivity index (χ4n) is 1.85. The summed E-state index contributed by atoms with van der Waals surface area (Å²) < 4.78 is 0. The van der Waals surface area contributed by atoms with Crippen molar-refractivity contribution in [3.05, 3.63) is 108 Å². The minimum Gasteiger partial charge on any atom is -0.107 e. The van der Waals surface area contributed by atoms with E-state index in [1.807, 2.05) is 112 Å². The van der Waals surface area contributed by atoms with E-state index in [1.165, 1.54) is 0 Å². The predicted molar refractivity (Wildman–Crippen MR) is 117 cm³/mol. The minimum atomic E-state index is 1.05. The third kappa shape index (κ3) is 10.7. The van der Waals surface area contributed by atoms with Crippen molar-refractivity contribution in [2.24, 2.45) is 0 Å². The highest BCUT2D eigenvalue weighted by Gasteiger charge is 1.83. The van der Waals surface area contributed by atoms with Gasteiger partial charge in [-0.3, -0.25) is 0 Å². The van der Waals surface area contributed by atoms with Crippen LogP contribution in [0.5, 0.6) is 0 Å². The van der Waals surface area contributed by atoms with Crippen LogP contribution in [0.3, 0.4) is 0 Å². The highest BCUT2D eigenvalue weighted by Crippen LogP contribution is 1.98. The van der Waals surface area contributed by atoms with Crippen LogP contribution >= 0.6 is 0 Å². The fraction of sp³-hybridized carbons (Fsp3) is 0.111. The Morgan fingerprint density at radius 2 is 0.667 bits per heavy atom. The topological polar surface area (TPSA) is 0 Å². The summed E-state index contributed by atoms with van der Waals surface area (Å²) in [4.78, 5) is 0. The van der Waals surface area contributed by atoms with E-state index in [0.29, 0.717) is 0 Å². The summed E-state index contributed by atoms with van der Waals surface area (Å²) in [6.07, 6.45) is 0. The average Bonchev–Trinajstić information content (AvgIpc) is 2.75. The van der Waals surface area contributed by atoms with Crippen LogP contribution in [0, 0.1) is 35.5 Å². The first-order valence-corrected chi connectivity index (χ1v) is 8.73. The lowest BCUT2D eigenvalue weighted by Gasteiger charge is -1.88. The van der Waals surface area contributed by atoms with Gasteiger partial charge in [-0.15, -0.1) is 17.8 Å². The zero-order chi connectivity index (χ0) is 19.6. The summed E-state index contributed by atoms with van der Waals surface area (Å²) in [5.41, 5.74) is 3.19. The van der Waals surface area contributed by atoms with Crippen LogP contribution in [-0.2, 0) is 0 Å². The van der Waals surface area contributed by atoms with E-state index in [1.54, 1.807) is 0 Å². The third-order valence-corrected chi connectivity index (χ3v) is 3.19. The van der Waals surface area contributed by atoms with Gasteiger partial charge >= 0.3 is 0 Å². The summed E-state index contributed by atoms with van der Waals surface area (Å²) in [6.45, 7) is 5.48. The number of rotatable bonds is 0. The largest absolute Gasteiger partial charge is 0.107 e. The van der Waals surface area contributed by atoms with Crippen LogP contribution in [-0.4, -0.2) is 0 Å². The van der Waals surface area contributed by atoms with Crippen molar-refractivity contribution in [3.63, 3.8) is 0 Å². The van der Waals surface area contributed by atoms with Crippen molar-refractivity contribution in [1.82, 2.24) is 0 Å². The van der Waals surface area contributed by atoms with Gasteiger partial charge in [0.05, 0.1) is 0 Å². The Bertz CT molecular complexity index is 884. The number of hydrogen-bond acceptors (Lipinski definition) is 0. The number of benzene rings is 3. The molecule has 0 atom stereocenters. The molecule has 0 aliphatic rings. The van der Waals surface area contributed by atoms with Gasteiger partial charge in [0, 0.05) is 16.7 Å². The van der Waals surface area contributed by atoms with Crippen molar-refractivity contribution < 1.29 is 0 Å². The number of hydrogen-bond donors (Lipinski definition) is 0. The van der Waals surface area contributed by atoms with Gasteiger partial charge in [0.2, 0.25) is 0 Å². The first-order chi connectivity index (χ1) is 13.3. The van der Waals surface area contributed by atoms with E-state index in [-0.39, 0.29) is 0 Å². The Hall–Kier alpha value is -3.66. The Balaban J connectivity index is 0.000000241. The molecule has 0 radical (unpaired) electrons. The highest BCUT2D eigenvalue weighted by molar-refractivity contribution is 5.42. The third-order valence-electron chi connectivity index (χ3n) is 3.19. The molecular formula is C27H24. The molecule has 0 nitrogen and oxygen atoms in total. The monoisotopic (exact) mass is 348 g/mol. The highest BCUT2D eigenvalue weighted by atomic mass is 13.9. The molecule has 0 saturated carbocycles. The summed E-state index contributed by atoms with van der Waals surface area (Å²) >= 11 is 0. The van der Waals surface area contributed by atoms with Gasteiger partial charge in [0.1, 0.15) is 0 Å². The van der Waals surface area contributed by atoms with Gasteiger partial charge in [-0.2, -0.15) is 0 Å². The molecule has 0 amide bonds. The smallest absolute Gasteiger partial charge is 0.0249 e. The summed E-state index contributed by atoms with van der Waals surface area (Å²) in [5, 5.41) is 0. The molecule has 3 aromatic rings. The van der Waals surface area contributed by atoms with Gasteiger partial charge in [0.15, 0.2) is 0 Å². The molecule has 132 valence electrons. The molecule has 0 spiro atoms. The van der Waals surface area contributed by atoms with E-state index >= 15 is 0 Å². The average molecular weight is 348 g/mol. The molecule has 0 bridgehead atoms. The lowest BCUT2D eigenvalue weighted by Crippen LogP contribution is -1.73. The van der Waals surface area contributed by atoms with E-state index in [0.717, 1.165) is 16.7 Å². The maximum atomic E-state index is 3.11. The maximum absolute atomic E-state index is 3.11. The molecule has 27 heavy (non-hydrogen) atoms. The lowest BCUT2D eigenvalue weighted by atomic mass is 10.2. The molecule has 0 fully saturated rings. The van der Waals surface area contributed by atoms with Crippen LogP contribution < -0.4 is 0 Å². The first kappa shape index (κ1) is 21.4. The van der Waals surface area contributed by atoms with Crippen LogP contribution in [0.25, 0.3) is 0 Å². The van der Waals surface area contributed by atoms with Crippen molar-refractivity contribution in [3.8, 4) is 35.5 Å². The van der Waals surface area contributed by atoms with E-state index in [4.69, 9.17) is 0 Å². The first-order valence-electron chi connectivity index (χ1n) is 8.73. The molecule has 0 aromatic heterocycles. The van der Waals surface area contributed by atoms with Gasteiger partial charge in [-0.25, -0.2) is 0 Å². The minimum absolute atomic E-state index is 1.05. The molecular weight excluding hydrogens is 324 g/mol. The van der Waals surface area contributed by atoms with Crippen LogP contribution in [0.4, 0.5) is 0 Å². The molecule has 3 aromatic carbocycles. The molecule has 0 saturated heterocycles. The fourth-order valence-corrected chi connectivity index (χ4v) is 1.85. The second-order valence-corrected chi connectivity index (χ2v) is 5.22. The molecule has 3 rings (SSSR count). The SMILES string of the molecule is C(#Cc1ccccc1)c1ccccc1.CC#CC.CC#Cc1ccccc1. The molecule has 0 aliphatic carbocycles. The molecule has 0 aliphatic heterocycles. The molecule has 0 unspecified atom stereocenters. The second kappa shape index (κ2) is 14.7. The Morgan fingerprint density at radius 1 is 0.370 bits per heavy atom. The zero-order valence-electron chi connectivity index (χ0n) is 16.2. The van der Waals surface area contributed by atoms with Crippen molar-refractivity contribution in [2.45, 2.75) is 20.8 Å². The standard InChI is InChI=1S/C14H10.C9H8.C4H6/c1-3-7-13(8-4-1)11-12-14-9-5-2-6-10-14;1-2-6-9-7-4-3-5-8-9;1-3-4-2/h1-10H;3-5,7-8H,1H3;1-2H3. The second-order valence-electron chi connectivity index (χ2n) is 5.22. The Morgan fingerprint density at radius 3 is 0.926 bits per heavy atom. The zero-order valence-corrected chi connectivity index (χ0v) is 16.2. The predicted octanol–water partition coefficient (Wildman–Crippen LogP) is 6.17. The van der Waals surface area contributed by atoms with E-state index < -0.39 is 0 Å². The van der Waals surface area contributed by atoms with Crippen LogP contribution in [0.2, 0.25) is 0 Å². The molecule has 0 heteroatoms.